The van der Waals surface area contributed by atoms with Crippen LogP contribution in [0.2, 0.25) is 5.02 Å². The van der Waals surface area contributed by atoms with Crippen molar-refractivity contribution in [3.05, 3.63) is 34.7 Å². The molecule has 1 aliphatic heterocycles. The molecule has 0 unspecified atom stereocenters. The molecule has 5 rings (SSSR count). The zero-order valence-corrected chi connectivity index (χ0v) is 18.5. The summed E-state index contributed by atoms with van der Waals surface area (Å²) in [4.78, 5) is 25.6. The number of nitrogens with one attached hydrogen (secondary N) is 1. The summed E-state index contributed by atoms with van der Waals surface area (Å²) in [5.74, 6) is 0.366. The maximum absolute atomic E-state index is 15.1. The Morgan fingerprint density at radius 2 is 1.97 bits per heavy atom. The molecule has 0 atom stereocenters. The number of carbonyl (C=O) groups excluding carboxylic acids is 1. The van der Waals surface area contributed by atoms with Crippen LogP contribution in [0.5, 0.6) is 5.75 Å². The second-order valence-corrected chi connectivity index (χ2v) is 8.98. The van der Waals surface area contributed by atoms with Gasteiger partial charge in [-0.05, 0) is 50.7 Å². The van der Waals surface area contributed by atoms with E-state index < -0.39 is 5.82 Å². The number of rotatable bonds is 5. The first-order chi connectivity index (χ1) is 15.5. The maximum atomic E-state index is 15.1. The molecule has 2 amide bonds. The molecule has 0 spiro atoms. The maximum Gasteiger partial charge on any atom is 0.330 e. The summed E-state index contributed by atoms with van der Waals surface area (Å²) in [7, 11) is 1.37. The van der Waals surface area contributed by atoms with E-state index in [1.54, 1.807) is 11.1 Å². The predicted octanol–water partition coefficient (Wildman–Crippen LogP) is 4.10. The van der Waals surface area contributed by atoms with Crippen LogP contribution < -0.4 is 19.9 Å². The molecule has 0 bridgehead atoms. The molecule has 2 heterocycles. The molecule has 2 aliphatic carbocycles. The highest BCUT2D eigenvalue weighted by Gasteiger charge is 2.43. The topological polar surface area (TPSA) is 90.8 Å². The van der Waals surface area contributed by atoms with E-state index in [0.29, 0.717) is 11.8 Å². The monoisotopic (exact) mass is 461 g/mol. The molecular formula is C22H25ClFN5O3. The van der Waals surface area contributed by atoms with E-state index in [2.05, 4.69) is 15.3 Å². The molecule has 0 saturated heterocycles. The van der Waals surface area contributed by atoms with E-state index in [9.17, 15) is 9.90 Å². The molecule has 2 aromatic rings. The fraction of sp³-hybridized carbons (Fsp3) is 0.500. The van der Waals surface area contributed by atoms with Crippen LogP contribution in [0, 0.1) is 5.82 Å². The number of aromatic nitrogens is 2. The van der Waals surface area contributed by atoms with Crippen molar-refractivity contribution in [3.63, 3.8) is 0 Å². The number of nitrogens with zero attached hydrogens (tertiary/aromatic N) is 4. The first-order valence-electron chi connectivity index (χ1n) is 10.9. The van der Waals surface area contributed by atoms with Gasteiger partial charge in [-0.25, -0.2) is 14.2 Å². The van der Waals surface area contributed by atoms with Gasteiger partial charge in [0.15, 0.2) is 11.6 Å². The number of carbonyl (C=O) groups is 1. The fourth-order valence-corrected chi connectivity index (χ4v) is 4.66. The number of amides is 2. The molecule has 1 aromatic carbocycles. The number of ether oxygens (including phenoxy) is 1. The number of anilines is 3. The van der Waals surface area contributed by atoms with Crippen molar-refractivity contribution in [2.45, 2.75) is 63.3 Å². The number of aliphatic hydroxyl groups is 1. The van der Waals surface area contributed by atoms with Crippen molar-refractivity contribution in [1.29, 1.82) is 0 Å². The standard InChI is InChI=1S/C22H25ClFN5O3/c1-32-17-9-8-16(23)19(18(17)24)28-11-12-10-25-21(26-13-2-6-15(30)7-3-13)27-20(12)29(22(28)31)14-4-5-14/h8-10,13-15,30H,2-7,11H2,1H3,(H,25,26,27). The molecule has 3 aliphatic rings. The van der Waals surface area contributed by atoms with Gasteiger partial charge < -0.3 is 15.2 Å². The Morgan fingerprint density at radius 1 is 1.22 bits per heavy atom. The van der Waals surface area contributed by atoms with Crippen LogP contribution in [-0.2, 0) is 6.54 Å². The number of aliphatic hydroxyl groups excluding tert-OH is 1. The molecular weight excluding hydrogens is 437 g/mol. The van der Waals surface area contributed by atoms with Crippen molar-refractivity contribution in [2.75, 3.05) is 22.2 Å². The van der Waals surface area contributed by atoms with Gasteiger partial charge in [0.1, 0.15) is 11.5 Å². The third kappa shape index (κ3) is 3.84. The van der Waals surface area contributed by atoms with Crippen LogP contribution in [0.4, 0.5) is 26.6 Å². The second-order valence-electron chi connectivity index (χ2n) is 8.57. The number of fused-ring (bicyclic) bond motifs is 1. The average Bonchev–Trinajstić information content (AvgIpc) is 3.61. The third-order valence-electron chi connectivity index (χ3n) is 6.30. The van der Waals surface area contributed by atoms with Gasteiger partial charge in [-0.15, -0.1) is 0 Å². The van der Waals surface area contributed by atoms with Gasteiger partial charge in [-0.1, -0.05) is 11.6 Å². The van der Waals surface area contributed by atoms with Crippen molar-refractivity contribution >= 4 is 35.1 Å². The average molecular weight is 462 g/mol. The van der Waals surface area contributed by atoms with Gasteiger partial charge in [0, 0.05) is 23.8 Å². The zero-order chi connectivity index (χ0) is 22.4. The molecule has 32 heavy (non-hydrogen) atoms. The van der Waals surface area contributed by atoms with Crippen molar-refractivity contribution in [2.24, 2.45) is 0 Å². The Kier molecular flexibility index (Phi) is 5.54. The van der Waals surface area contributed by atoms with E-state index in [-0.39, 0.29) is 47.2 Å². The smallest absolute Gasteiger partial charge is 0.330 e. The minimum absolute atomic E-state index is 0.00437. The molecule has 2 saturated carbocycles. The Balaban J connectivity index is 1.47. The van der Waals surface area contributed by atoms with Gasteiger partial charge in [-0.3, -0.25) is 9.80 Å². The second kappa shape index (κ2) is 8.37. The number of halogens is 2. The molecule has 8 nitrogen and oxygen atoms in total. The Morgan fingerprint density at radius 3 is 2.66 bits per heavy atom. The van der Waals surface area contributed by atoms with E-state index in [1.807, 2.05) is 0 Å². The van der Waals surface area contributed by atoms with Crippen LogP contribution in [0.1, 0.15) is 44.1 Å². The lowest BCUT2D eigenvalue weighted by molar-refractivity contribution is 0.126. The summed E-state index contributed by atoms with van der Waals surface area (Å²) in [5, 5.41) is 13.2. The number of hydrogen-bond acceptors (Lipinski definition) is 6. The van der Waals surface area contributed by atoms with Gasteiger partial charge in [0.25, 0.3) is 0 Å². The first kappa shape index (κ1) is 21.2. The lowest BCUT2D eigenvalue weighted by Gasteiger charge is -2.37. The van der Waals surface area contributed by atoms with Crippen molar-refractivity contribution in [3.8, 4) is 5.75 Å². The minimum atomic E-state index is -0.675. The minimum Gasteiger partial charge on any atom is -0.494 e. The third-order valence-corrected chi connectivity index (χ3v) is 6.60. The van der Waals surface area contributed by atoms with E-state index in [4.69, 9.17) is 16.3 Å². The molecule has 0 radical (unpaired) electrons. The summed E-state index contributed by atoms with van der Waals surface area (Å²) >= 11 is 6.30. The Hall–Kier alpha value is -2.65. The van der Waals surface area contributed by atoms with Gasteiger partial charge in [0.05, 0.1) is 24.8 Å². The first-order valence-corrected chi connectivity index (χ1v) is 11.3. The van der Waals surface area contributed by atoms with E-state index in [0.717, 1.165) is 44.1 Å². The van der Waals surface area contributed by atoms with Gasteiger partial charge >= 0.3 is 6.03 Å². The van der Waals surface area contributed by atoms with E-state index >= 15 is 4.39 Å². The summed E-state index contributed by atoms with van der Waals surface area (Å²) in [6, 6.07) is 2.80. The zero-order valence-electron chi connectivity index (χ0n) is 17.7. The van der Waals surface area contributed by atoms with Crippen LogP contribution in [0.15, 0.2) is 18.3 Å². The number of urea groups is 1. The van der Waals surface area contributed by atoms with E-state index in [1.165, 1.54) is 24.1 Å². The van der Waals surface area contributed by atoms with Gasteiger partial charge in [-0.2, -0.15) is 4.98 Å². The van der Waals surface area contributed by atoms with Crippen LogP contribution in [0.3, 0.4) is 0 Å². The molecule has 170 valence electrons. The highest BCUT2D eigenvalue weighted by molar-refractivity contribution is 6.34. The quantitative estimate of drug-likeness (QED) is 0.696. The Labute approximate surface area is 190 Å². The van der Waals surface area contributed by atoms with Crippen LogP contribution in [-0.4, -0.2) is 46.4 Å². The number of hydrogen-bond donors (Lipinski definition) is 2. The Bertz CT molecular complexity index is 1040. The molecule has 2 fully saturated rings. The van der Waals surface area contributed by atoms with Crippen LogP contribution >= 0.6 is 11.6 Å². The van der Waals surface area contributed by atoms with Gasteiger partial charge in [0.2, 0.25) is 5.95 Å². The molecule has 1 aromatic heterocycles. The lowest BCUT2D eigenvalue weighted by Crippen LogP contribution is -2.49. The van der Waals surface area contributed by atoms with Crippen LogP contribution in [0.25, 0.3) is 0 Å². The fourth-order valence-electron chi connectivity index (χ4n) is 4.41. The summed E-state index contributed by atoms with van der Waals surface area (Å²) in [6.45, 7) is 0.108. The SMILES string of the molecule is COc1ccc(Cl)c(N2Cc3cnc(NC4CCC(O)CC4)nc3N(C3CC3)C2=O)c1F. The number of methoxy groups -OCH3 is 1. The largest absolute Gasteiger partial charge is 0.494 e. The lowest BCUT2D eigenvalue weighted by atomic mass is 9.93. The highest BCUT2D eigenvalue weighted by atomic mass is 35.5. The summed E-state index contributed by atoms with van der Waals surface area (Å²) < 4.78 is 20.2. The normalized spacial score (nSPS) is 23.2. The molecule has 10 heteroatoms. The summed E-state index contributed by atoms with van der Waals surface area (Å²) in [6.07, 6.45) is 6.34. The summed E-state index contributed by atoms with van der Waals surface area (Å²) in [5.41, 5.74) is 0.717. The van der Waals surface area contributed by atoms with Crippen molar-refractivity contribution < 1.29 is 19.0 Å². The number of benzene rings is 1. The highest BCUT2D eigenvalue weighted by Crippen LogP contribution is 2.42. The predicted molar refractivity (Wildman–Crippen MR) is 119 cm³/mol. The molecule has 2 N–H and O–H groups in total. The van der Waals surface area contributed by atoms with Crippen molar-refractivity contribution in [1.82, 2.24) is 9.97 Å².